The van der Waals surface area contributed by atoms with Crippen molar-refractivity contribution in [2.24, 2.45) is 5.73 Å². The van der Waals surface area contributed by atoms with Crippen LogP contribution in [0.4, 0.5) is 0 Å². The average molecular weight is 163 g/mol. The molecule has 0 aliphatic rings. The summed E-state index contributed by atoms with van der Waals surface area (Å²) < 4.78 is 0. The normalized spacial score (nSPS) is 14.0. The molecule has 0 saturated heterocycles. The highest BCUT2D eigenvalue weighted by Crippen LogP contribution is 1.89. The van der Waals surface area contributed by atoms with E-state index in [4.69, 9.17) is 5.73 Å². The summed E-state index contributed by atoms with van der Waals surface area (Å²) in [6.45, 7) is 3.94. The number of allylic oxidation sites excluding steroid dienone is 7. The average Bonchev–Trinajstić information content (AvgIpc) is 2.10. The highest BCUT2D eigenvalue weighted by molar-refractivity contribution is 5.18. The molecule has 0 aromatic rings. The number of hydrogen-bond donors (Lipinski definition) is 1. The smallest absolute Gasteiger partial charge is 0.0270 e. The topological polar surface area (TPSA) is 26.0 Å². The van der Waals surface area contributed by atoms with Gasteiger partial charge < -0.3 is 5.73 Å². The summed E-state index contributed by atoms with van der Waals surface area (Å²) in [5, 5.41) is 0. The van der Waals surface area contributed by atoms with E-state index in [2.05, 4.69) is 12.2 Å². The summed E-state index contributed by atoms with van der Waals surface area (Å²) in [7, 11) is 0. The van der Waals surface area contributed by atoms with Crippen molar-refractivity contribution in [1.82, 2.24) is 0 Å². The van der Waals surface area contributed by atoms with E-state index in [-0.39, 0.29) is 0 Å². The maximum absolute atomic E-state index is 5.54. The molecule has 0 aromatic carbocycles. The van der Waals surface area contributed by atoms with E-state index in [0.717, 1.165) is 12.1 Å². The van der Waals surface area contributed by atoms with Crippen LogP contribution in [0.1, 0.15) is 20.3 Å². The predicted octanol–water partition coefficient (Wildman–Crippen LogP) is 2.93. The van der Waals surface area contributed by atoms with Crippen LogP contribution in [0, 0.1) is 0 Å². The third-order valence-corrected chi connectivity index (χ3v) is 1.38. The Morgan fingerprint density at radius 2 is 1.92 bits per heavy atom. The van der Waals surface area contributed by atoms with Crippen molar-refractivity contribution in [3.05, 3.63) is 48.2 Å². The lowest BCUT2D eigenvalue weighted by molar-refractivity contribution is 1.37. The van der Waals surface area contributed by atoms with Gasteiger partial charge in [0.15, 0.2) is 0 Å². The molecule has 1 nitrogen and oxygen atoms in total. The van der Waals surface area contributed by atoms with Gasteiger partial charge in [-0.25, -0.2) is 0 Å². The summed E-state index contributed by atoms with van der Waals surface area (Å²) in [4.78, 5) is 0. The first kappa shape index (κ1) is 10.8. The highest BCUT2D eigenvalue weighted by atomic mass is 14.5. The van der Waals surface area contributed by atoms with Gasteiger partial charge in [0, 0.05) is 5.70 Å². The van der Waals surface area contributed by atoms with Gasteiger partial charge in [0.05, 0.1) is 0 Å². The monoisotopic (exact) mass is 163 g/mol. The molecule has 0 unspecified atom stereocenters. The maximum atomic E-state index is 5.54. The van der Waals surface area contributed by atoms with E-state index < -0.39 is 0 Å². The number of hydrogen-bond acceptors (Lipinski definition) is 1. The molecule has 0 rings (SSSR count). The SMILES string of the molecule is C/C=C(N)/C=C/C=C/C/C=C/C. The molecular weight excluding hydrogens is 146 g/mol. The summed E-state index contributed by atoms with van der Waals surface area (Å²) in [6, 6.07) is 0. The molecule has 0 atom stereocenters. The zero-order valence-electron chi connectivity index (χ0n) is 7.83. The fraction of sp³-hybridized carbons (Fsp3) is 0.273. The molecule has 0 aromatic heterocycles. The first-order chi connectivity index (χ1) is 5.81. The minimum Gasteiger partial charge on any atom is -0.399 e. The summed E-state index contributed by atoms with van der Waals surface area (Å²) in [5.74, 6) is 0. The Morgan fingerprint density at radius 3 is 2.50 bits per heavy atom. The van der Waals surface area contributed by atoms with Crippen LogP contribution < -0.4 is 5.73 Å². The molecule has 1 heteroatoms. The zero-order chi connectivity index (χ0) is 9.23. The van der Waals surface area contributed by atoms with Gasteiger partial charge in [-0.05, 0) is 26.3 Å². The van der Waals surface area contributed by atoms with Gasteiger partial charge in [-0.15, -0.1) is 0 Å². The van der Waals surface area contributed by atoms with Crippen molar-refractivity contribution in [2.75, 3.05) is 0 Å². The first-order valence-corrected chi connectivity index (χ1v) is 4.17. The molecular formula is C11H17N. The van der Waals surface area contributed by atoms with Gasteiger partial charge in [0.2, 0.25) is 0 Å². The van der Waals surface area contributed by atoms with Crippen molar-refractivity contribution < 1.29 is 0 Å². The fourth-order valence-electron chi connectivity index (χ4n) is 0.635. The van der Waals surface area contributed by atoms with E-state index in [1.54, 1.807) is 0 Å². The van der Waals surface area contributed by atoms with Crippen LogP contribution in [-0.2, 0) is 0 Å². The molecule has 66 valence electrons. The van der Waals surface area contributed by atoms with E-state index in [1.165, 1.54) is 0 Å². The van der Waals surface area contributed by atoms with Crippen LogP contribution in [0.3, 0.4) is 0 Å². The Bertz CT molecular complexity index is 207. The molecule has 0 aliphatic carbocycles. The molecule has 0 aliphatic heterocycles. The second-order valence-corrected chi connectivity index (χ2v) is 2.38. The third-order valence-electron chi connectivity index (χ3n) is 1.38. The van der Waals surface area contributed by atoms with Gasteiger partial charge in [-0.2, -0.15) is 0 Å². The van der Waals surface area contributed by atoms with Crippen molar-refractivity contribution in [3.8, 4) is 0 Å². The Labute approximate surface area is 75.0 Å². The lowest BCUT2D eigenvalue weighted by atomic mass is 10.3. The molecule has 12 heavy (non-hydrogen) atoms. The van der Waals surface area contributed by atoms with E-state index in [1.807, 2.05) is 44.2 Å². The summed E-state index contributed by atoms with van der Waals surface area (Å²) in [5.41, 5.74) is 6.34. The van der Waals surface area contributed by atoms with E-state index in [0.29, 0.717) is 0 Å². The molecule has 0 spiro atoms. The van der Waals surface area contributed by atoms with Crippen LogP contribution in [-0.4, -0.2) is 0 Å². The third kappa shape index (κ3) is 6.87. The van der Waals surface area contributed by atoms with E-state index in [9.17, 15) is 0 Å². The Kier molecular flexibility index (Phi) is 7.05. The van der Waals surface area contributed by atoms with Gasteiger partial charge in [0.1, 0.15) is 0 Å². The molecule has 0 amide bonds. The minimum absolute atomic E-state index is 0.797. The summed E-state index contributed by atoms with van der Waals surface area (Å²) in [6.07, 6.45) is 14.9. The van der Waals surface area contributed by atoms with Gasteiger partial charge in [0.25, 0.3) is 0 Å². The second-order valence-electron chi connectivity index (χ2n) is 2.38. The van der Waals surface area contributed by atoms with Crippen LogP contribution >= 0.6 is 0 Å². The van der Waals surface area contributed by atoms with Gasteiger partial charge in [-0.3, -0.25) is 0 Å². The molecule has 2 N–H and O–H groups in total. The Balaban J connectivity index is 3.66. The zero-order valence-corrected chi connectivity index (χ0v) is 7.83. The van der Waals surface area contributed by atoms with Gasteiger partial charge >= 0.3 is 0 Å². The molecule has 0 heterocycles. The van der Waals surface area contributed by atoms with Crippen LogP contribution in [0.5, 0.6) is 0 Å². The highest BCUT2D eigenvalue weighted by Gasteiger charge is 1.73. The summed E-state index contributed by atoms with van der Waals surface area (Å²) >= 11 is 0. The van der Waals surface area contributed by atoms with Gasteiger partial charge in [-0.1, -0.05) is 36.5 Å². The lowest BCUT2D eigenvalue weighted by Crippen LogP contribution is -1.89. The second kappa shape index (κ2) is 7.86. The van der Waals surface area contributed by atoms with E-state index >= 15 is 0 Å². The molecule has 0 bridgehead atoms. The molecule has 0 saturated carbocycles. The Morgan fingerprint density at radius 1 is 1.17 bits per heavy atom. The van der Waals surface area contributed by atoms with Crippen molar-refractivity contribution in [2.45, 2.75) is 20.3 Å². The van der Waals surface area contributed by atoms with Crippen molar-refractivity contribution >= 4 is 0 Å². The molecule has 0 radical (unpaired) electrons. The van der Waals surface area contributed by atoms with Crippen molar-refractivity contribution in [1.29, 1.82) is 0 Å². The predicted molar refractivity (Wildman–Crippen MR) is 55.7 cm³/mol. The fourth-order valence-corrected chi connectivity index (χ4v) is 0.635. The van der Waals surface area contributed by atoms with Crippen LogP contribution in [0.25, 0.3) is 0 Å². The van der Waals surface area contributed by atoms with Crippen LogP contribution in [0.2, 0.25) is 0 Å². The first-order valence-electron chi connectivity index (χ1n) is 4.17. The van der Waals surface area contributed by atoms with Crippen molar-refractivity contribution in [3.63, 3.8) is 0 Å². The lowest BCUT2D eigenvalue weighted by Gasteiger charge is -1.85. The molecule has 0 fully saturated rings. The number of nitrogens with two attached hydrogens (primary N) is 1. The Hall–Kier alpha value is -1.24. The largest absolute Gasteiger partial charge is 0.399 e. The van der Waals surface area contributed by atoms with Crippen LogP contribution in [0.15, 0.2) is 48.2 Å². The standard InChI is InChI=1S/C11H17N/c1-3-5-6-7-8-9-10-11(12)4-2/h3-5,7-10H,6,12H2,1-2H3/b5-3+,8-7+,10-9+,11-4-. The number of rotatable bonds is 4. The maximum Gasteiger partial charge on any atom is 0.0270 e. The quantitative estimate of drug-likeness (QED) is 0.500. The minimum atomic E-state index is 0.797.